The molecule has 0 aliphatic rings. The topological polar surface area (TPSA) is 72.2 Å². The van der Waals surface area contributed by atoms with Crippen LogP contribution in [0.3, 0.4) is 0 Å². The van der Waals surface area contributed by atoms with E-state index in [0.717, 1.165) is 19.3 Å². The number of hydrogen-bond donors (Lipinski definition) is 2. The fourth-order valence-corrected chi connectivity index (χ4v) is 3.98. The van der Waals surface area contributed by atoms with E-state index in [1.165, 1.54) is 18.2 Å². The lowest BCUT2D eigenvalue weighted by Gasteiger charge is -2.31. The second-order valence-electron chi connectivity index (χ2n) is 4.63. The minimum absolute atomic E-state index is 0.0802. The molecular formula is C13H21ClN2O2S. The van der Waals surface area contributed by atoms with Crippen LogP contribution in [0.15, 0.2) is 23.1 Å². The zero-order chi connectivity index (χ0) is 14.7. The molecular weight excluding hydrogens is 284 g/mol. The largest absolute Gasteiger partial charge is 0.398 e. The molecule has 0 amide bonds. The van der Waals surface area contributed by atoms with Gasteiger partial charge >= 0.3 is 0 Å². The fourth-order valence-electron chi connectivity index (χ4n) is 2.07. The number of nitrogens with one attached hydrogen (secondary N) is 1. The Morgan fingerprint density at radius 2 is 1.74 bits per heavy atom. The minimum atomic E-state index is -3.64. The number of hydrogen-bond acceptors (Lipinski definition) is 3. The molecule has 0 bridgehead atoms. The van der Waals surface area contributed by atoms with Crippen LogP contribution in [-0.4, -0.2) is 14.0 Å². The van der Waals surface area contributed by atoms with E-state index in [1.807, 2.05) is 20.8 Å². The van der Waals surface area contributed by atoms with E-state index < -0.39 is 15.6 Å². The molecule has 1 rings (SSSR count). The lowest BCUT2D eigenvalue weighted by atomic mass is 9.91. The van der Waals surface area contributed by atoms with Crippen molar-refractivity contribution in [1.29, 1.82) is 0 Å². The van der Waals surface area contributed by atoms with Gasteiger partial charge in [0.25, 0.3) is 0 Å². The average Bonchev–Trinajstić information content (AvgIpc) is 2.35. The molecule has 0 saturated heterocycles. The molecule has 1 aromatic carbocycles. The highest BCUT2D eigenvalue weighted by Crippen LogP contribution is 2.27. The predicted molar refractivity (Wildman–Crippen MR) is 79.8 cm³/mol. The predicted octanol–water partition coefficient (Wildman–Crippen LogP) is 3.17. The molecule has 0 saturated carbocycles. The highest BCUT2D eigenvalue weighted by molar-refractivity contribution is 7.89. The normalized spacial score (nSPS) is 12.6. The van der Waals surface area contributed by atoms with Crippen molar-refractivity contribution in [2.24, 2.45) is 0 Å². The van der Waals surface area contributed by atoms with Gasteiger partial charge < -0.3 is 5.73 Å². The summed E-state index contributed by atoms with van der Waals surface area (Å²) in [4.78, 5) is 0.0802. The van der Waals surface area contributed by atoms with Crippen LogP contribution in [0, 0.1) is 0 Å². The van der Waals surface area contributed by atoms with E-state index >= 15 is 0 Å². The molecule has 0 aromatic heterocycles. The van der Waals surface area contributed by atoms with Gasteiger partial charge in [0.15, 0.2) is 0 Å². The maximum absolute atomic E-state index is 12.4. The Labute approximate surface area is 120 Å². The Morgan fingerprint density at radius 3 is 2.16 bits per heavy atom. The summed E-state index contributed by atoms with van der Waals surface area (Å²) in [6.07, 6.45) is 2.19. The SMILES string of the molecule is CCC(CC)(CC)NS(=O)(=O)c1ccc(Cl)cc1N. The van der Waals surface area contributed by atoms with Gasteiger partial charge in [-0.1, -0.05) is 32.4 Å². The molecule has 0 heterocycles. The van der Waals surface area contributed by atoms with Crippen molar-refractivity contribution in [3.05, 3.63) is 23.2 Å². The summed E-state index contributed by atoms with van der Waals surface area (Å²) in [5, 5.41) is 0.421. The number of sulfonamides is 1. The first-order valence-corrected chi connectivity index (χ1v) is 8.25. The number of rotatable bonds is 6. The van der Waals surface area contributed by atoms with Gasteiger partial charge in [-0.25, -0.2) is 13.1 Å². The van der Waals surface area contributed by atoms with E-state index in [4.69, 9.17) is 17.3 Å². The summed E-state index contributed by atoms with van der Waals surface area (Å²) in [6, 6.07) is 4.41. The summed E-state index contributed by atoms with van der Waals surface area (Å²) in [7, 11) is -3.64. The summed E-state index contributed by atoms with van der Waals surface area (Å²) >= 11 is 5.79. The summed E-state index contributed by atoms with van der Waals surface area (Å²) < 4.78 is 27.6. The first kappa shape index (κ1) is 16.3. The van der Waals surface area contributed by atoms with Crippen LogP contribution in [-0.2, 0) is 10.0 Å². The quantitative estimate of drug-likeness (QED) is 0.793. The first-order chi connectivity index (χ1) is 8.80. The Morgan fingerprint density at radius 1 is 1.21 bits per heavy atom. The van der Waals surface area contributed by atoms with E-state index in [0.29, 0.717) is 5.02 Å². The van der Waals surface area contributed by atoms with Gasteiger partial charge in [-0.05, 0) is 37.5 Å². The van der Waals surface area contributed by atoms with Crippen molar-refractivity contribution in [3.63, 3.8) is 0 Å². The van der Waals surface area contributed by atoms with E-state index in [9.17, 15) is 8.42 Å². The second-order valence-corrected chi connectivity index (χ2v) is 6.72. The summed E-state index contributed by atoms with van der Waals surface area (Å²) in [5.74, 6) is 0. The molecule has 1 aromatic rings. The van der Waals surface area contributed by atoms with Crippen molar-refractivity contribution in [2.45, 2.75) is 50.5 Å². The molecule has 0 unspecified atom stereocenters. The highest BCUT2D eigenvalue weighted by Gasteiger charge is 2.31. The van der Waals surface area contributed by atoms with Crippen molar-refractivity contribution < 1.29 is 8.42 Å². The van der Waals surface area contributed by atoms with Gasteiger partial charge in [0.05, 0.1) is 5.69 Å². The van der Waals surface area contributed by atoms with E-state index in [1.54, 1.807) is 0 Å². The third kappa shape index (κ3) is 3.61. The Balaban J connectivity index is 3.17. The Kier molecular flexibility index (Phi) is 5.24. The lowest BCUT2D eigenvalue weighted by Crippen LogP contribution is -2.47. The van der Waals surface area contributed by atoms with Crippen molar-refractivity contribution in [1.82, 2.24) is 4.72 Å². The molecule has 0 radical (unpaired) electrons. The number of halogens is 1. The number of nitrogen functional groups attached to an aromatic ring is 1. The number of anilines is 1. The van der Waals surface area contributed by atoms with Crippen molar-refractivity contribution in [3.8, 4) is 0 Å². The summed E-state index contributed by atoms with van der Waals surface area (Å²) in [5.41, 5.74) is 5.49. The molecule has 3 N–H and O–H groups in total. The van der Waals surface area contributed by atoms with Gasteiger partial charge in [0, 0.05) is 10.6 Å². The van der Waals surface area contributed by atoms with Crippen LogP contribution < -0.4 is 10.5 Å². The molecule has 0 atom stereocenters. The van der Waals surface area contributed by atoms with Crippen LogP contribution in [0.2, 0.25) is 5.02 Å². The monoisotopic (exact) mass is 304 g/mol. The molecule has 0 spiro atoms. The summed E-state index contributed by atoms with van der Waals surface area (Å²) in [6.45, 7) is 5.92. The molecule has 6 heteroatoms. The zero-order valence-electron chi connectivity index (χ0n) is 11.5. The van der Waals surface area contributed by atoms with Crippen LogP contribution in [0.4, 0.5) is 5.69 Å². The molecule has 0 aliphatic carbocycles. The van der Waals surface area contributed by atoms with E-state index in [2.05, 4.69) is 4.72 Å². The van der Waals surface area contributed by atoms with Crippen LogP contribution >= 0.6 is 11.6 Å². The maximum Gasteiger partial charge on any atom is 0.243 e. The number of benzene rings is 1. The molecule has 4 nitrogen and oxygen atoms in total. The fraction of sp³-hybridized carbons (Fsp3) is 0.538. The van der Waals surface area contributed by atoms with Crippen molar-refractivity contribution in [2.75, 3.05) is 5.73 Å². The Hall–Kier alpha value is -0.780. The van der Waals surface area contributed by atoms with Gasteiger partial charge in [-0.15, -0.1) is 0 Å². The smallest absolute Gasteiger partial charge is 0.243 e. The minimum Gasteiger partial charge on any atom is -0.398 e. The average molecular weight is 305 g/mol. The standard InChI is InChI=1S/C13H21ClN2O2S/c1-4-13(5-2,6-3)16-19(17,18)12-8-7-10(14)9-11(12)15/h7-9,16H,4-6,15H2,1-3H3. The van der Waals surface area contributed by atoms with Crippen LogP contribution in [0.25, 0.3) is 0 Å². The third-order valence-electron chi connectivity index (χ3n) is 3.64. The van der Waals surface area contributed by atoms with Gasteiger partial charge in [-0.2, -0.15) is 0 Å². The first-order valence-electron chi connectivity index (χ1n) is 6.39. The highest BCUT2D eigenvalue weighted by atomic mass is 35.5. The van der Waals surface area contributed by atoms with Crippen LogP contribution in [0.1, 0.15) is 40.0 Å². The second kappa shape index (κ2) is 6.11. The van der Waals surface area contributed by atoms with Gasteiger partial charge in [0.1, 0.15) is 4.90 Å². The Bertz CT molecular complexity index is 531. The van der Waals surface area contributed by atoms with Gasteiger partial charge in [-0.3, -0.25) is 0 Å². The third-order valence-corrected chi connectivity index (χ3v) is 5.53. The molecule has 0 aliphatic heterocycles. The lowest BCUT2D eigenvalue weighted by molar-refractivity contribution is 0.342. The van der Waals surface area contributed by atoms with Crippen LogP contribution in [0.5, 0.6) is 0 Å². The van der Waals surface area contributed by atoms with Crippen molar-refractivity contribution >= 4 is 27.3 Å². The molecule has 19 heavy (non-hydrogen) atoms. The number of nitrogens with two attached hydrogens (primary N) is 1. The molecule has 0 fully saturated rings. The van der Waals surface area contributed by atoms with Gasteiger partial charge in [0.2, 0.25) is 10.0 Å². The van der Waals surface area contributed by atoms with E-state index in [-0.39, 0.29) is 10.6 Å². The maximum atomic E-state index is 12.4. The molecule has 108 valence electrons. The zero-order valence-corrected chi connectivity index (χ0v) is 13.1.